The molecular formula is C12H12F3N3S. The zero-order valence-corrected chi connectivity index (χ0v) is 11.0. The summed E-state index contributed by atoms with van der Waals surface area (Å²) in [5, 5.41) is 3.16. The van der Waals surface area contributed by atoms with Crippen molar-refractivity contribution in [2.24, 2.45) is 0 Å². The van der Waals surface area contributed by atoms with Crippen LogP contribution >= 0.6 is 11.3 Å². The molecule has 3 nitrogen and oxygen atoms in total. The first-order valence-corrected chi connectivity index (χ1v) is 6.45. The maximum atomic E-state index is 12.4. The number of rotatable bonds is 4. The number of nitrogens with one attached hydrogen (secondary N) is 1. The van der Waals surface area contributed by atoms with Gasteiger partial charge in [-0.2, -0.15) is 13.2 Å². The Balaban J connectivity index is 1.86. The lowest BCUT2D eigenvalue weighted by Gasteiger charge is -2.03. The molecule has 0 aliphatic carbocycles. The van der Waals surface area contributed by atoms with Gasteiger partial charge in [-0.25, -0.2) is 4.98 Å². The maximum absolute atomic E-state index is 12.4. The van der Waals surface area contributed by atoms with Gasteiger partial charge in [-0.15, -0.1) is 0 Å². The first-order valence-electron chi connectivity index (χ1n) is 5.63. The van der Waals surface area contributed by atoms with E-state index in [2.05, 4.69) is 15.3 Å². The summed E-state index contributed by atoms with van der Waals surface area (Å²) in [4.78, 5) is 7.16. The van der Waals surface area contributed by atoms with Gasteiger partial charge in [0.1, 0.15) is 4.88 Å². The van der Waals surface area contributed by atoms with Crippen LogP contribution in [0.15, 0.2) is 24.5 Å². The number of nitrogens with zero attached hydrogens (tertiary/aromatic N) is 2. The molecule has 0 atom stereocenters. The highest BCUT2D eigenvalue weighted by Gasteiger charge is 2.33. The van der Waals surface area contributed by atoms with Crippen LogP contribution in [0.25, 0.3) is 0 Å². The van der Waals surface area contributed by atoms with Crippen LogP contribution in [0.4, 0.5) is 18.3 Å². The molecule has 0 aliphatic heterocycles. The molecule has 0 spiro atoms. The fourth-order valence-corrected chi connectivity index (χ4v) is 2.16. The zero-order chi connectivity index (χ0) is 13.9. The molecule has 2 aromatic heterocycles. The predicted octanol–water partition coefficient (Wildman–Crippen LogP) is 3.52. The first kappa shape index (κ1) is 13.8. The van der Waals surface area contributed by atoms with Gasteiger partial charge in [0.25, 0.3) is 0 Å². The average Bonchev–Trinajstić information content (AvgIpc) is 2.80. The summed E-state index contributed by atoms with van der Waals surface area (Å²) in [6.45, 7) is 2.42. The van der Waals surface area contributed by atoms with E-state index in [1.165, 1.54) is 0 Å². The standard InChI is InChI=1S/C12H12F3N3S/c1-8-2-3-9(6-17-8)4-5-16-11-18-7-10(19-11)12(13,14)15/h2-3,6-7H,4-5H2,1H3,(H,16,18). The number of aromatic nitrogens is 2. The van der Waals surface area contributed by atoms with Crippen LogP contribution in [0.2, 0.25) is 0 Å². The summed E-state index contributed by atoms with van der Waals surface area (Å²) in [6.07, 6.45) is -1.02. The monoisotopic (exact) mass is 287 g/mol. The topological polar surface area (TPSA) is 37.8 Å². The Labute approximate surface area is 112 Å². The van der Waals surface area contributed by atoms with Gasteiger partial charge in [0.15, 0.2) is 5.13 Å². The molecule has 0 saturated heterocycles. The fourth-order valence-electron chi connectivity index (χ4n) is 1.45. The van der Waals surface area contributed by atoms with Crippen LogP contribution in [0.3, 0.4) is 0 Å². The van der Waals surface area contributed by atoms with E-state index in [1.807, 2.05) is 19.1 Å². The molecule has 7 heteroatoms. The third-order valence-electron chi connectivity index (χ3n) is 2.45. The molecule has 0 aliphatic rings. The van der Waals surface area contributed by atoms with E-state index in [4.69, 9.17) is 0 Å². The van der Waals surface area contributed by atoms with Gasteiger partial charge >= 0.3 is 6.18 Å². The highest BCUT2D eigenvalue weighted by Crippen LogP contribution is 2.34. The quantitative estimate of drug-likeness (QED) is 0.935. The van der Waals surface area contributed by atoms with Gasteiger partial charge in [0.05, 0.1) is 6.20 Å². The van der Waals surface area contributed by atoms with E-state index in [1.54, 1.807) is 6.20 Å². The largest absolute Gasteiger partial charge is 0.427 e. The molecule has 19 heavy (non-hydrogen) atoms. The summed E-state index contributed by atoms with van der Waals surface area (Å²) in [5.41, 5.74) is 1.97. The lowest BCUT2D eigenvalue weighted by Crippen LogP contribution is -2.04. The molecule has 0 bridgehead atoms. The fraction of sp³-hybridized carbons (Fsp3) is 0.333. The third-order valence-corrected chi connectivity index (χ3v) is 3.45. The number of halogens is 3. The molecule has 0 saturated carbocycles. The number of thiazole rings is 1. The molecule has 0 unspecified atom stereocenters. The van der Waals surface area contributed by atoms with E-state index < -0.39 is 11.1 Å². The smallest absolute Gasteiger partial charge is 0.361 e. The number of pyridine rings is 1. The van der Waals surface area contributed by atoms with E-state index in [9.17, 15) is 13.2 Å². The Morgan fingerprint density at radius 3 is 2.58 bits per heavy atom. The van der Waals surface area contributed by atoms with E-state index in [0.717, 1.165) is 17.5 Å². The Hall–Kier alpha value is -1.63. The first-order chi connectivity index (χ1) is 8.95. The highest BCUT2D eigenvalue weighted by atomic mass is 32.1. The molecule has 0 amide bonds. The second-order valence-electron chi connectivity index (χ2n) is 4.01. The zero-order valence-electron chi connectivity index (χ0n) is 10.2. The summed E-state index contributed by atoms with van der Waals surface area (Å²) in [7, 11) is 0. The van der Waals surface area contributed by atoms with Crippen molar-refractivity contribution in [3.8, 4) is 0 Å². The average molecular weight is 287 g/mol. The van der Waals surface area contributed by atoms with Crippen molar-refractivity contribution in [2.75, 3.05) is 11.9 Å². The van der Waals surface area contributed by atoms with Gasteiger partial charge in [0.2, 0.25) is 0 Å². The summed E-state index contributed by atoms with van der Waals surface area (Å²) < 4.78 is 37.1. The number of hydrogen-bond acceptors (Lipinski definition) is 4. The number of hydrogen-bond donors (Lipinski definition) is 1. The van der Waals surface area contributed by atoms with Crippen molar-refractivity contribution in [3.63, 3.8) is 0 Å². The van der Waals surface area contributed by atoms with E-state index >= 15 is 0 Å². The highest BCUT2D eigenvalue weighted by molar-refractivity contribution is 7.15. The van der Waals surface area contributed by atoms with Crippen LogP contribution in [0.1, 0.15) is 16.1 Å². The van der Waals surface area contributed by atoms with Crippen LogP contribution in [0, 0.1) is 6.92 Å². The Morgan fingerprint density at radius 1 is 1.21 bits per heavy atom. The molecule has 0 aromatic carbocycles. The summed E-state index contributed by atoms with van der Waals surface area (Å²) in [6, 6.07) is 3.85. The minimum absolute atomic E-state index is 0.285. The molecule has 0 radical (unpaired) electrons. The molecule has 102 valence electrons. The van der Waals surface area contributed by atoms with Crippen molar-refractivity contribution in [1.82, 2.24) is 9.97 Å². The number of anilines is 1. The van der Waals surface area contributed by atoms with Crippen molar-refractivity contribution in [1.29, 1.82) is 0 Å². The SMILES string of the molecule is Cc1ccc(CCNc2ncc(C(F)(F)F)s2)cn1. The van der Waals surface area contributed by atoms with Crippen LogP contribution in [-0.4, -0.2) is 16.5 Å². The number of aryl methyl sites for hydroxylation is 1. The molecule has 1 N–H and O–H groups in total. The van der Waals surface area contributed by atoms with E-state index in [-0.39, 0.29) is 5.13 Å². The van der Waals surface area contributed by atoms with Crippen LogP contribution < -0.4 is 5.32 Å². The minimum atomic E-state index is -4.32. The minimum Gasteiger partial charge on any atom is -0.361 e. The Kier molecular flexibility index (Phi) is 4.04. The molecular weight excluding hydrogens is 275 g/mol. The lowest BCUT2D eigenvalue weighted by atomic mass is 10.2. The van der Waals surface area contributed by atoms with Crippen molar-refractivity contribution in [2.45, 2.75) is 19.5 Å². The van der Waals surface area contributed by atoms with Gasteiger partial charge < -0.3 is 5.32 Å². The maximum Gasteiger partial charge on any atom is 0.427 e. The van der Waals surface area contributed by atoms with Crippen LogP contribution in [-0.2, 0) is 12.6 Å². The van der Waals surface area contributed by atoms with Gasteiger partial charge in [0, 0.05) is 18.4 Å². The Morgan fingerprint density at radius 2 is 2.00 bits per heavy atom. The van der Waals surface area contributed by atoms with Crippen LogP contribution in [0.5, 0.6) is 0 Å². The van der Waals surface area contributed by atoms with Gasteiger partial charge in [-0.1, -0.05) is 17.4 Å². The lowest BCUT2D eigenvalue weighted by molar-refractivity contribution is -0.134. The second-order valence-corrected chi connectivity index (χ2v) is 5.04. The van der Waals surface area contributed by atoms with Crippen molar-refractivity contribution < 1.29 is 13.2 Å². The van der Waals surface area contributed by atoms with Gasteiger partial charge in [-0.05, 0) is 25.0 Å². The molecule has 0 fully saturated rings. The normalized spacial score (nSPS) is 11.6. The Bertz CT molecular complexity index is 534. The van der Waals surface area contributed by atoms with Gasteiger partial charge in [-0.3, -0.25) is 4.98 Å². The number of alkyl halides is 3. The van der Waals surface area contributed by atoms with E-state index in [0.29, 0.717) is 24.3 Å². The summed E-state index contributed by atoms with van der Waals surface area (Å²) in [5.74, 6) is 0. The third kappa shape index (κ3) is 3.92. The molecule has 2 rings (SSSR count). The molecule has 2 heterocycles. The second kappa shape index (κ2) is 5.56. The predicted molar refractivity (Wildman–Crippen MR) is 68.3 cm³/mol. The molecule has 2 aromatic rings. The van der Waals surface area contributed by atoms with Crippen molar-refractivity contribution >= 4 is 16.5 Å². The summed E-state index contributed by atoms with van der Waals surface area (Å²) >= 11 is 0.615. The van der Waals surface area contributed by atoms with Crippen molar-refractivity contribution in [3.05, 3.63) is 40.7 Å².